The second-order valence-corrected chi connectivity index (χ2v) is 7.49. The summed E-state index contributed by atoms with van der Waals surface area (Å²) in [6.07, 6.45) is 0.455. The van der Waals surface area contributed by atoms with Crippen LogP contribution in [0, 0.1) is 11.3 Å². The van der Waals surface area contributed by atoms with E-state index in [-0.39, 0.29) is 24.3 Å². The van der Waals surface area contributed by atoms with Gasteiger partial charge in [-0.05, 0) is 48.7 Å². The van der Waals surface area contributed by atoms with E-state index in [1.54, 1.807) is 53.4 Å². The summed E-state index contributed by atoms with van der Waals surface area (Å²) in [7, 11) is 0. The zero-order valence-corrected chi connectivity index (χ0v) is 16.0. The normalized spacial score (nSPS) is 18.9. The van der Waals surface area contributed by atoms with Gasteiger partial charge in [0.15, 0.2) is 0 Å². The van der Waals surface area contributed by atoms with Crippen molar-refractivity contribution in [3.8, 4) is 0 Å². The Balaban J connectivity index is 1.68. The van der Waals surface area contributed by atoms with Gasteiger partial charge in [0.2, 0.25) is 0 Å². The highest BCUT2D eigenvalue weighted by atomic mass is 16.4. The molecule has 6 heteroatoms. The van der Waals surface area contributed by atoms with Gasteiger partial charge >= 0.3 is 5.97 Å². The Morgan fingerprint density at radius 2 is 1.64 bits per heavy atom. The van der Waals surface area contributed by atoms with Gasteiger partial charge in [-0.3, -0.25) is 14.4 Å². The number of nitrogens with one attached hydrogen (secondary N) is 1. The molecule has 146 valence electrons. The summed E-state index contributed by atoms with van der Waals surface area (Å²) in [4.78, 5) is 38.3. The number of hydrogen-bond acceptors (Lipinski definition) is 3. The standard InChI is InChI=1S/C22H24N2O4/c1-15(2)22(21(27)28)12-13-24(14-22)20(26)17-8-10-18(11-9-17)23-19(25)16-6-4-3-5-7-16/h3-11,15H,12-14H2,1-2H3,(H,23,25)(H,27,28). The van der Waals surface area contributed by atoms with Gasteiger partial charge in [-0.15, -0.1) is 0 Å². The van der Waals surface area contributed by atoms with Crippen molar-refractivity contribution in [2.75, 3.05) is 18.4 Å². The molecule has 0 aromatic heterocycles. The second kappa shape index (κ2) is 7.84. The van der Waals surface area contributed by atoms with Crippen LogP contribution in [-0.4, -0.2) is 40.9 Å². The van der Waals surface area contributed by atoms with Crippen LogP contribution in [0.25, 0.3) is 0 Å². The molecular weight excluding hydrogens is 356 g/mol. The van der Waals surface area contributed by atoms with Crippen LogP contribution in [0.4, 0.5) is 5.69 Å². The van der Waals surface area contributed by atoms with Gasteiger partial charge in [0, 0.05) is 29.9 Å². The molecule has 1 fully saturated rings. The number of likely N-dealkylation sites (tertiary alicyclic amines) is 1. The van der Waals surface area contributed by atoms with Crippen molar-refractivity contribution in [1.29, 1.82) is 0 Å². The number of rotatable bonds is 5. The number of carbonyl (C=O) groups is 3. The predicted octanol–water partition coefficient (Wildman–Crippen LogP) is 3.51. The van der Waals surface area contributed by atoms with Crippen LogP contribution in [0.1, 0.15) is 41.0 Å². The van der Waals surface area contributed by atoms with Gasteiger partial charge in [0.1, 0.15) is 0 Å². The fourth-order valence-corrected chi connectivity index (χ4v) is 3.57. The van der Waals surface area contributed by atoms with E-state index in [1.807, 2.05) is 19.9 Å². The van der Waals surface area contributed by atoms with Crippen molar-refractivity contribution in [1.82, 2.24) is 4.90 Å². The van der Waals surface area contributed by atoms with Gasteiger partial charge in [0.05, 0.1) is 5.41 Å². The Morgan fingerprint density at radius 1 is 1.00 bits per heavy atom. The number of nitrogens with zero attached hydrogens (tertiary/aromatic N) is 1. The summed E-state index contributed by atoms with van der Waals surface area (Å²) in [5.74, 6) is -1.32. The van der Waals surface area contributed by atoms with Gasteiger partial charge < -0.3 is 15.3 Å². The SMILES string of the molecule is CC(C)C1(C(=O)O)CCN(C(=O)c2ccc(NC(=O)c3ccccc3)cc2)C1. The first-order valence-electron chi connectivity index (χ1n) is 9.32. The Hall–Kier alpha value is -3.15. The summed E-state index contributed by atoms with van der Waals surface area (Å²) < 4.78 is 0. The maximum absolute atomic E-state index is 12.8. The minimum absolute atomic E-state index is 0.0571. The largest absolute Gasteiger partial charge is 0.481 e. The van der Waals surface area contributed by atoms with Crippen molar-refractivity contribution < 1.29 is 19.5 Å². The molecule has 2 N–H and O–H groups in total. The van der Waals surface area contributed by atoms with E-state index in [0.29, 0.717) is 29.8 Å². The van der Waals surface area contributed by atoms with E-state index in [0.717, 1.165) is 0 Å². The lowest BCUT2D eigenvalue weighted by atomic mass is 9.76. The molecule has 0 radical (unpaired) electrons. The summed E-state index contributed by atoms with van der Waals surface area (Å²) in [5, 5.41) is 12.4. The van der Waals surface area contributed by atoms with Gasteiger partial charge in [-0.1, -0.05) is 32.0 Å². The Bertz CT molecular complexity index is 877. The molecule has 0 spiro atoms. The number of amides is 2. The van der Waals surface area contributed by atoms with Crippen LogP contribution < -0.4 is 5.32 Å². The third-order valence-electron chi connectivity index (χ3n) is 5.54. The maximum atomic E-state index is 12.8. The lowest BCUT2D eigenvalue weighted by Gasteiger charge is -2.28. The van der Waals surface area contributed by atoms with Gasteiger partial charge in [-0.2, -0.15) is 0 Å². The van der Waals surface area contributed by atoms with E-state index >= 15 is 0 Å². The molecule has 1 aliphatic rings. The van der Waals surface area contributed by atoms with Crippen LogP contribution in [-0.2, 0) is 4.79 Å². The molecule has 0 aliphatic carbocycles. The molecule has 2 aromatic rings. The molecule has 1 heterocycles. The molecule has 2 aromatic carbocycles. The smallest absolute Gasteiger partial charge is 0.311 e. The van der Waals surface area contributed by atoms with Crippen molar-refractivity contribution in [2.24, 2.45) is 11.3 Å². The van der Waals surface area contributed by atoms with Crippen molar-refractivity contribution >= 4 is 23.5 Å². The van der Waals surface area contributed by atoms with Crippen LogP contribution >= 0.6 is 0 Å². The minimum Gasteiger partial charge on any atom is -0.481 e. The lowest BCUT2D eigenvalue weighted by molar-refractivity contribution is -0.150. The van der Waals surface area contributed by atoms with Crippen LogP contribution in [0.3, 0.4) is 0 Å². The molecule has 28 heavy (non-hydrogen) atoms. The number of carboxylic acid groups (broad SMARTS) is 1. The lowest BCUT2D eigenvalue weighted by Crippen LogP contribution is -2.40. The molecular formula is C22H24N2O4. The van der Waals surface area contributed by atoms with E-state index in [4.69, 9.17) is 0 Å². The molecule has 2 amide bonds. The Kier molecular flexibility index (Phi) is 5.49. The molecule has 1 saturated heterocycles. The third kappa shape index (κ3) is 3.76. The summed E-state index contributed by atoms with van der Waals surface area (Å²) in [6.45, 7) is 4.40. The topological polar surface area (TPSA) is 86.7 Å². The maximum Gasteiger partial charge on any atom is 0.311 e. The van der Waals surface area contributed by atoms with Gasteiger partial charge in [-0.25, -0.2) is 0 Å². The van der Waals surface area contributed by atoms with Crippen LogP contribution in [0.2, 0.25) is 0 Å². The van der Waals surface area contributed by atoms with E-state index in [1.165, 1.54) is 0 Å². The molecule has 1 unspecified atom stereocenters. The first-order valence-corrected chi connectivity index (χ1v) is 9.32. The fraction of sp³-hybridized carbons (Fsp3) is 0.318. The number of benzene rings is 2. The van der Waals surface area contributed by atoms with E-state index in [9.17, 15) is 19.5 Å². The zero-order chi connectivity index (χ0) is 20.3. The number of carbonyl (C=O) groups excluding carboxylic acids is 2. The zero-order valence-electron chi connectivity index (χ0n) is 16.0. The molecule has 1 aliphatic heterocycles. The quantitative estimate of drug-likeness (QED) is 0.831. The number of aliphatic carboxylic acids is 1. The van der Waals surface area contributed by atoms with Crippen molar-refractivity contribution in [3.05, 3.63) is 65.7 Å². The number of anilines is 1. The van der Waals surface area contributed by atoms with Crippen molar-refractivity contribution in [3.63, 3.8) is 0 Å². The second-order valence-electron chi connectivity index (χ2n) is 7.49. The highest BCUT2D eigenvalue weighted by molar-refractivity contribution is 6.04. The first-order chi connectivity index (χ1) is 13.3. The molecule has 3 rings (SSSR count). The summed E-state index contributed by atoms with van der Waals surface area (Å²) >= 11 is 0. The first kappa shape index (κ1) is 19.6. The average molecular weight is 380 g/mol. The average Bonchev–Trinajstić information content (AvgIpc) is 3.16. The Labute approximate surface area is 164 Å². The fourth-order valence-electron chi connectivity index (χ4n) is 3.57. The van der Waals surface area contributed by atoms with Gasteiger partial charge in [0.25, 0.3) is 11.8 Å². The highest BCUT2D eigenvalue weighted by Gasteiger charge is 2.48. The predicted molar refractivity (Wildman–Crippen MR) is 106 cm³/mol. The van der Waals surface area contributed by atoms with E-state index in [2.05, 4.69) is 5.32 Å². The molecule has 6 nitrogen and oxygen atoms in total. The van der Waals surface area contributed by atoms with Crippen LogP contribution in [0.5, 0.6) is 0 Å². The highest BCUT2D eigenvalue weighted by Crippen LogP contribution is 2.38. The monoisotopic (exact) mass is 380 g/mol. The summed E-state index contributed by atoms with van der Waals surface area (Å²) in [5.41, 5.74) is 0.731. The third-order valence-corrected chi connectivity index (χ3v) is 5.54. The number of hydrogen-bond donors (Lipinski definition) is 2. The minimum atomic E-state index is -0.890. The number of carboxylic acids is 1. The molecule has 0 saturated carbocycles. The van der Waals surface area contributed by atoms with E-state index < -0.39 is 11.4 Å². The molecule has 0 bridgehead atoms. The van der Waals surface area contributed by atoms with Crippen molar-refractivity contribution in [2.45, 2.75) is 20.3 Å². The van der Waals surface area contributed by atoms with Crippen LogP contribution in [0.15, 0.2) is 54.6 Å². The molecule has 1 atom stereocenters. The Morgan fingerprint density at radius 3 is 2.18 bits per heavy atom. The summed E-state index contributed by atoms with van der Waals surface area (Å²) in [6, 6.07) is 15.5.